The van der Waals surface area contributed by atoms with E-state index in [-0.39, 0.29) is 0 Å². The van der Waals surface area contributed by atoms with Gasteiger partial charge in [-0.1, -0.05) is 71.2 Å². The van der Waals surface area contributed by atoms with E-state index in [1.165, 1.54) is 49.7 Å². The van der Waals surface area contributed by atoms with Crippen LogP contribution in [0.3, 0.4) is 0 Å². The molecule has 0 aromatic heterocycles. The fourth-order valence-electron chi connectivity index (χ4n) is 1.61. The average Bonchev–Trinajstić information content (AvgIpc) is 2.49. The zero-order valence-corrected chi connectivity index (χ0v) is 14.7. The molecule has 0 saturated heterocycles. The fraction of sp³-hybridized carbons (Fsp3) is 0.632. The summed E-state index contributed by atoms with van der Waals surface area (Å²) in [6, 6.07) is 9.10. The van der Waals surface area contributed by atoms with Crippen LogP contribution in [0.5, 0.6) is 0 Å². The molecule has 0 aliphatic rings. The van der Waals surface area contributed by atoms with E-state index in [1.54, 1.807) is 6.92 Å². The second kappa shape index (κ2) is 18.7. The van der Waals surface area contributed by atoms with Crippen LogP contribution < -0.4 is 0 Å². The predicted octanol–water partition coefficient (Wildman–Crippen LogP) is 5.58. The molecular formula is C19H34O2. The number of carbonyl (C=O) groups is 1. The zero-order chi connectivity index (χ0) is 16.3. The Hall–Kier alpha value is -1.31. The van der Waals surface area contributed by atoms with Crippen molar-refractivity contribution < 1.29 is 9.53 Å². The molecular weight excluding hydrogens is 260 g/mol. The van der Waals surface area contributed by atoms with Crippen LogP contribution >= 0.6 is 0 Å². The van der Waals surface area contributed by atoms with Gasteiger partial charge in [-0.05, 0) is 37.3 Å². The first-order valence-electron chi connectivity index (χ1n) is 8.32. The molecule has 2 heteroatoms. The van der Waals surface area contributed by atoms with Gasteiger partial charge in [0.15, 0.2) is 0 Å². The SMILES string of the molecule is CCC.CCCCc1ccc(CCC)cc1.CCOC=O. The summed E-state index contributed by atoms with van der Waals surface area (Å²) in [5.74, 6) is 0. The first-order chi connectivity index (χ1) is 10.2. The van der Waals surface area contributed by atoms with E-state index in [9.17, 15) is 4.79 Å². The van der Waals surface area contributed by atoms with Gasteiger partial charge in [-0.3, -0.25) is 4.79 Å². The van der Waals surface area contributed by atoms with E-state index in [2.05, 4.69) is 56.7 Å². The molecule has 0 fully saturated rings. The van der Waals surface area contributed by atoms with Gasteiger partial charge >= 0.3 is 0 Å². The number of hydrogen-bond donors (Lipinski definition) is 0. The highest BCUT2D eigenvalue weighted by Crippen LogP contribution is 2.09. The van der Waals surface area contributed by atoms with Crippen molar-refractivity contribution in [1.29, 1.82) is 0 Å². The topological polar surface area (TPSA) is 26.3 Å². The highest BCUT2D eigenvalue weighted by atomic mass is 16.5. The van der Waals surface area contributed by atoms with Crippen LogP contribution in [-0.2, 0) is 22.4 Å². The normalized spacial score (nSPS) is 8.81. The Balaban J connectivity index is 0. The van der Waals surface area contributed by atoms with Gasteiger partial charge in [0.05, 0.1) is 6.61 Å². The summed E-state index contributed by atoms with van der Waals surface area (Å²) < 4.78 is 4.15. The Kier molecular flexibility index (Phi) is 19.6. The van der Waals surface area contributed by atoms with Crippen molar-refractivity contribution in [2.75, 3.05) is 6.61 Å². The molecule has 1 rings (SSSR count). The smallest absolute Gasteiger partial charge is 0.293 e. The van der Waals surface area contributed by atoms with Crippen LogP contribution in [-0.4, -0.2) is 13.1 Å². The molecule has 0 saturated carbocycles. The number of aryl methyl sites for hydroxylation is 2. The standard InChI is InChI=1S/C13H20.C3H6O2.C3H8/c1-3-5-7-13-10-8-12(6-4-2)9-11-13;1-2-5-3-4;1-3-2/h8-11H,3-7H2,1-2H3;3H,2H2,1H3;3H2,1-2H3. The second-order valence-corrected chi connectivity index (χ2v) is 4.93. The van der Waals surface area contributed by atoms with Crippen molar-refractivity contribution in [1.82, 2.24) is 0 Å². The van der Waals surface area contributed by atoms with Crippen LogP contribution in [0.1, 0.15) is 71.4 Å². The van der Waals surface area contributed by atoms with Crippen LogP contribution in [0.4, 0.5) is 0 Å². The lowest BCUT2D eigenvalue weighted by atomic mass is 10.0. The van der Waals surface area contributed by atoms with Gasteiger partial charge in [0, 0.05) is 0 Å². The quantitative estimate of drug-likeness (QED) is 0.614. The molecule has 0 aliphatic carbocycles. The second-order valence-electron chi connectivity index (χ2n) is 4.93. The van der Waals surface area contributed by atoms with Crippen molar-refractivity contribution in [2.45, 2.75) is 73.1 Å². The Morgan fingerprint density at radius 2 is 1.33 bits per heavy atom. The largest absolute Gasteiger partial charge is 0.468 e. The van der Waals surface area contributed by atoms with E-state index in [4.69, 9.17) is 0 Å². The lowest BCUT2D eigenvalue weighted by Crippen LogP contribution is -1.87. The highest BCUT2D eigenvalue weighted by Gasteiger charge is 1.93. The summed E-state index contributed by atoms with van der Waals surface area (Å²) in [6.07, 6.45) is 7.55. The third-order valence-electron chi connectivity index (χ3n) is 2.62. The van der Waals surface area contributed by atoms with Gasteiger partial charge in [0.25, 0.3) is 6.47 Å². The maximum Gasteiger partial charge on any atom is 0.293 e. The van der Waals surface area contributed by atoms with Crippen LogP contribution in [0.25, 0.3) is 0 Å². The molecule has 0 heterocycles. The third-order valence-corrected chi connectivity index (χ3v) is 2.62. The van der Waals surface area contributed by atoms with E-state index >= 15 is 0 Å². The average molecular weight is 294 g/mol. The number of unbranched alkanes of at least 4 members (excludes halogenated alkanes) is 1. The summed E-state index contributed by atoms with van der Waals surface area (Å²) in [5, 5.41) is 0. The molecule has 2 nitrogen and oxygen atoms in total. The fourth-order valence-corrected chi connectivity index (χ4v) is 1.61. The van der Waals surface area contributed by atoms with Gasteiger partial charge in [-0.2, -0.15) is 0 Å². The third kappa shape index (κ3) is 16.6. The Morgan fingerprint density at radius 3 is 1.62 bits per heavy atom. The Morgan fingerprint density at radius 1 is 0.857 bits per heavy atom. The van der Waals surface area contributed by atoms with Crippen molar-refractivity contribution in [3.63, 3.8) is 0 Å². The van der Waals surface area contributed by atoms with E-state index in [0.29, 0.717) is 13.1 Å². The Labute approximate surface area is 131 Å². The monoisotopic (exact) mass is 294 g/mol. The van der Waals surface area contributed by atoms with E-state index in [0.717, 1.165) is 0 Å². The highest BCUT2D eigenvalue weighted by molar-refractivity contribution is 5.36. The summed E-state index contributed by atoms with van der Waals surface area (Å²) in [6.45, 7) is 11.4. The first-order valence-corrected chi connectivity index (χ1v) is 8.32. The van der Waals surface area contributed by atoms with Gasteiger partial charge in [0.2, 0.25) is 0 Å². The minimum atomic E-state index is 0.431. The first kappa shape index (κ1) is 22.0. The lowest BCUT2D eigenvalue weighted by Gasteiger charge is -2.02. The van der Waals surface area contributed by atoms with Gasteiger partial charge in [-0.25, -0.2) is 0 Å². The number of ether oxygens (including phenoxy) is 1. The van der Waals surface area contributed by atoms with Crippen molar-refractivity contribution in [2.24, 2.45) is 0 Å². The molecule has 0 aliphatic heterocycles. The summed E-state index contributed by atoms with van der Waals surface area (Å²) in [5.41, 5.74) is 2.96. The van der Waals surface area contributed by atoms with Crippen molar-refractivity contribution in [3.05, 3.63) is 35.4 Å². The number of carbonyl (C=O) groups excluding carboxylic acids is 1. The molecule has 0 atom stereocenters. The molecule has 122 valence electrons. The minimum Gasteiger partial charge on any atom is -0.468 e. The van der Waals surface area contributed by atoms with Gasteiger partial charge in [0.1, 0.15) is 0 Å². The van der Waals surface area contributed by atoms with Crippen LogP contribution in [0.2, 0.25) is 0 Å². The Bertz CT molecular complexity index is 304. The lowest BCUT2D eigenvalue weighted by molar-refractivity contribution is -0.128. The molecule has 0 N–H and O–H groups in total. The minimum absolute atomic E-state index is 0.431. The molecule has 1 aromatic rings. The molecule has 21 heavy (non-hydrogen) atoms. The predicted molar refractivity (Wildman–Crippen MR) is 92.7 cm³/mol. The molecule has 0 unspecified atom stereocenters. The van der Waals surface area contributed by atoms with E-state index < -0.39 is 0 Å². The maximum absolute atomic E-state index is 9.18. The number of rotatable bonds is 7. The number of hydrogen-bond acceptors (Lipinski definition) is 2. The summed E-state index contributed by atoms with van der Waals surface area (Å²) >= 11 is 0. The molecule has 0 radical (unpaired) electrons. The molecule has 0 bridgehead atoms. The van der Waals surface area contributed by atoms with Crippen molar-refractivity contribution in [3.8, 4) is 0 Å². The van der Waals surface area contributed by atoms with Crippen molar-refractivity contribution >= 4 is 6.47 Å². The molecule has 0 spiro atoms. The maximum atomic E-state index is 9.18. The van der Waals surface area contributed by atoms with E-state index in [1.807, 2.05) is 0 Å². The summed E-state index contributed by atoms with van der Waals surface area (Å²) in [4.78, 5) is 9.18. The zero-order valence-electron chi connectivity index (χ0n) is 14.7. The van der Waals surface area contributed by atoms with Crippen LogP contribution in [0.15, 0.2) is 24.3 Å². The number of benzene rings is 1. The van der Waals surface area contributed by atoms with Crippen LogP contribution in [0, 0.1) is 0 Å². The molecule has 1 aromatic carbocycles. The molecule has 0 amide bonds. The van der Waals surface area contributed by atoms with Gasteiger partial charge in [-0.15, -0.1) is 0 Å². The van der Waals surface area contributed by atoms with Gasteiger partial charge < -0.3 is 4.74 Å². The summed E-state index contributed by atoms with van der Waals surface area (Å²) in [7, 11) is 0.